The van der Waals surface area contributed by atoms with Crippen molar-refractivity contribution in [2.45, 2.75) is 26.7 Å². The van der Waals surface area contributed by atoms with E-state index in [9.17, 15) is 14.4 Å². The molecule has 0 aliphatic heterocycles. The number of anilines is 2. The van der Waals surface area contributed by atoms with Gasteiger partial charge < -0.3 is 20.1 Å². The molecule has 0 spiro atoms. The third-order valence-electron chi connectivity index (χ3n) is 4.71. The van der Waals surface area contributed by atoms with Gasteiger partial charge in [-0.3, -0.25) is 9.59 Å². The molecule has 0 atom stereocenters. The molecule has 2 amide bonds. The summed E-state index contributed by atoms with van der Waals surface area (Å²) in [5, 5.41) is 5.58. The average Bonchev–Trinajstić information content (AvgIpc) is 3.53. The Morgan fingerprint density at radius 2 is 1.55 bits per heavy atom. The largest absolute Gasteiger partial charge is 0.492 e. The van der Waals surface area contributed by atoms with Crippen LogP contribution >= 0.6 is 0 Å². The van der Waals surface area contributed by atoms with E-state index >= 15 is 0 Å². The topological polar surface area (TPSA) is 93.7 Å². The number of nitrogens with one attached hydrogen (secondary N) is 2. The fraction of sp³-hybridized carbons (Fsp3) is 0.318. The molecule has 3 rings (SSSR count). The predicted octanol–water partition coefficient (Wildman–Crippen LogP) is 3.62. The monoisotopic (exact) mass is 396 g/mol. The molecular weight excluding hydrogens is 372 g/mol. The molecule has 2 aromatic carbocycles. The lowest BCUT2D eigenvalue weighted by Crippen LogP contribution is -2.35. The molecule has 1 saturated carbocycles. The summed E-state index contributed by atoms with van der Waals surface area (Å²) in [6, 6.07) is 13.5. The number of carbonyl (C=O) groups is 3. The number of amides is 2. The predicted molar refractivity (Wildman–Crippen MR) is 109 cm³/mol. The highest BCUT2D eigenvalue weighted by atomic mass is 16.5. The maximum absolute atomic E-state index is 12.8. The lowest BCUT2D eigenvalue weighted by atomic mass is 10.0. The minimum Gasteiger partial charge on any atom is -0.492 e. The Morgan fingerprint density at radius 1 is 0.897 bits per heavy atom. The summed E-state index contributed by atoms with van der Waals surface area (Å²) < 4.78 is 10.5. The van der Waals surface area contributed by atoms with Gasteiger partial charge in [-0.15, -0.1) is 0 Å². The number of rotatable bonds is 8. The Morgan fingerprint density at radius 3 is 2.17 bits per heavy atom. The van der Waals surface area contributed by atoms with Crippen molar-refractivity contribution in [2.75, 3.05) is 23.8 Å². The van der Waals surface area contributed by atoms with E-state index in [0.29, 0.717) is 48.7 Å². The molecule has 29 heavy (non-hydrogen) atoms. The first kappa shape index (κ1) is 20.4. The van der Waals surface area contributed by atoms with Crippen LogP contribution in [-0.2, 0) is 14.3 Å². The highest BCUT2D eigenvalue weighted by molar-refractivity contribution is 6.17. The van der Waals surface area contributed by atoms with Crippen molar-refractivity contribution < 1.29 is 23.9 Å². The van der Waals surface area contributed by atoms with E-state index in [2.05, 4.69) is 10.6 Å². The first-order chi connectivity index (χ1) is 14.0. The van der Waals surface area contributed by atoms with Crippen LogP contribution in [0.1, 0.15) is 37.0 Å². The van der Waals surface area contributed by atoms with Crippen molar-refractivity contribution in [2.24, 2.45) is 5.41 Å². The molecule has 7 nitrogen and oxygen atoms in total. The summed E-state index contributed by atoms with van der Waals surface area (Å²) in [4.78, 5) is 37.3. The Balaban J connectivity index is 1.66. The minimum absolute atomic E-state index is 0.293. The van der Waals surface area contributed by atoms with E-state index in [1.807, 2.05) is 13.0 Å². The molecule has 0 aromatic heterocycles. The lowest BCUT2D eigenvalue weighted by molar-refractivity contribution is -0.131. The summed E-state index contributed by atoms with van der Waals surface area (Å²) >= 11 is 0. The van der Waals surface area contributed by atoms with Gasteiger partial charge in [0.1, 0.15) is 11.2 Å². The third-order valence-corrected chi connectivity index (χ3v) is 4.71. The fourth-order valence-electron chi connectivity index (χ4n) is 2.93. The highest BCUT2D eigenvalue weighted by Gasteiger charge is 2.56. The molecule has 0 unspecified atom stereocenters. The van der Waals surface area contributed by atoms with Crippen molar-refractivity contribution >= 4 is 29.2 Å². The molecule has 1 aliphatic carbocycles. The van der Waals surface area contributed by atoms with Crippen LogP contribution in [0.15, 0.2) is 48.5 Å². The van der Waals surface area contributed by atoms with Crippen LogP contribution in [-0.4, -0.2) is 31.0 Å². The maximum atomic E-state index is 12.8. The Hall–Kier alpha value is -3.35. The Labute approximate surface area is 169 Å². The summed E-state index contributed by atoms with van der Waals surface area (Å²) in [5.74, 6) is -0.580. The van der Waals surface area contributed by atoms with E-state index in [1.165, 1.54) is 0 Å². The van der Waals surface area contributed by atoms with Crippen LogP contribution in [0.5, 0.6) is 5.75 Å². The number of ether oxygens (including phenoxy) is 2. The standard InChI is InChI=1S/C22H24N2O5/c1-3-28-18-8-6-5-7-17(18)24-21(27)22(13-14-22)20(26)23-16-11-9-15(10-12-16)19(25)29-4-2/h5-12H,3-4,13-14H2,1-2H3,(H,23,26)(H,24,27). The second-order valence-corrected chi connectivity index (χ2v) is 6.72. The Bertz CT molecular complexity index is 904. The van der Waals surface area contributed by atoms with Gasteiger partial charge in [0.15, 0.2) is 0 Å². The van der Waals surface area contributed by atoms with Gasteiger partial charge in [-0.05, 0) is 63.1 Å². The number of benzene rings is 2. The average molecular weight is 396 g/mol. The first-order valence-corrected chi connectivity index (χ1v) is 9.62. The van der Waals surface area contributed by atoms with Crippen LogP contribution in [0.3, 0.4) is 0 Å². The molecule has 0 heterocycles. The van der Waals surface area contributed by atoms with E-state index in [-0.39, 0.29) is 11.8 Å². The quantitative estimate of drug-likeness (QED) is 0.525. The van der Waals surface area contributed by atoms with E-state index in [1.54, 1.807) is 49.4 Å². The van der Waals surface area contributed by atoms with Gasteiger partial charge in [-0.2, -0.15) is 0 Å². The van der Waals surface area contributed by atoms with E-state index in [0.717, 1.165) is 0 Å². The molecule has 0 radical (unpaired) electrons. The molecule has 2 N–H and O–H groups in total. The van der Waals surface area contributed by atoms with E-state index in [4.69, 9.17) is 9.47 Å². The Kier molecular flexibility index (Phi) is 6.16. The van der Waals surface area contributed by atoms with Gasteiger partial charge in [-0.1, -0.05) is 12.1 Å². The molecule has 0 bridgehead atoms. The number of hydrogen-bond acceptors (Lipinski definition) is 5. The molecule has 1 aliphatic rings. The zero-order valence-electron chi connectivity index (χ0n) is 16.5. The van der Waals surface area contributed by atoms with Gasteiger partial charge in [-0.25, -0.2) is 4.79 Å². The van der Waals surface area contributed by atoms with Gasteiger partial charge in [0.25, 0.3) is 0 Å². The smallest absolute Gasteiger partial charge is 0.338 e. The summed E-state index contributed by atoms with van der Waals surface area (Å²) in [7, 11) is 0. The molecule has 2 aromatic rings. The van der Waals surface area contributed by atoms with Crippen molar-refractivity contribution in [1.29, 1.82) is 0 Å². The summed E-state index contributed by atoms with van der Waals surface area (Å²) in [5.41, 5.74) is 0.351. The van der Waals surface area contributed by atoms with Crippen LogP contribution in [0.2, 0.25) is 0 Å². The molecule has 152 valence electrons. The van der Waals surface area contributed by atoms with Gasteiger partial charge >= 0.3 is 5.97 Å². The van der Waals surface area contributed by atoms with Crippen LogP contribution in [0.4, 0.5) is 11.4 Å². The summed E-state index contributed by atoms with van der Waals surface area (Å²) in [6.45, 7) is 4.36. The van der Waals surface area contributed by atoms with Gasteiger partial charge in [0.05, 0.1) is 24.5 Å². The molecule has 7 heteroatoms. The zero-order valence-corrected chi connectivity index (χ0v) is 16.5. The van der Waals surface area contributed by atoms with E-state index < -0.39 is 11.4 Å². The number of hydrogen-bond donors (Lipinski definition) is 2. The van der Waals surface area contributed by atoms with Gasteiger partial charge in [0, 0.05) is 5.69 Å². The maximum Gasteiger partial charge on any atom is 0.338 e. The normalized spacial score (nSPS) is 13.9. The third kappa shape index (κ3) is 4.56. The number of para-hydroxylation sites is 2. The number of carbonyl (C=O) groups excluding carboxylic acids is 3. The molecule has 1 fully saturated rings. The summed E-state index contributed by atoms with van der Waals surface area (Å²) in [6.07, 6.45) is 0.949. The second-order valence-electron chi connectivity index (χ2n) is 6.72. The highest BCUT2D eigenvalue weighted by Crippen LogP contribution is 2.48. The molecule has 0 saturated heterocycles. The van der Waals surface area contributed by atoms with Crippen LogP contribution in [0.25, 0.3) is 0 Å². The van der Waals surface area contributed by atoms with Crippen molar-refractivity contribution in [1.82, 2.24) is 0 Å². The van der Waals surface area contributed by atoms with Gasteiger partial charge in [0.2, 0.25) is 11.8 Å². The number of esters is 1. The van der Waals surface area contributed by atoms with Crippen LogP contribution < -0.4 is 15.4 Å². The zero-order chi connectivity index (χ0) is 20.9. The van der Waals surface area contributed by atoms with Crippen molar-refractivity contribution in [3.05, 3.63) is 54.1 Å². The van der Waals surface area contributed by atoms with Crippen molar-refractivity contribution in [3.8, 4) is 5.75 Å². The minimum atomic E-state index is -1.10. The second kappa shape index (κ2) is 8.77. The first-order valence-electron chi connectivity index (χ1n) is 9.62. The van der Waals surface area contributed by atoms with Crippen LogP contribution in [0, 0.1) is 5.41 Å². The lowest BCUT2D eigenvalue weighted by Gasteiger charge is -2.17. The fourth-order valence-corrected chi connectivity index (χ4v) is 2.93. The van der Waals surface area contributed by atoms with Crippen molar-refractivity contribution in [3.63, 3.8) is 0 Å². The SMILES string of the molecule is CCOC(=O)c1ccc(NC(=O)C2(C(=O)Nc3ccccc3OCC)CC2)cc1. The molecular formula is C22H24N2O5.